The lowest BCUT2D eigenvalue weighted by atomic mass is 9.84. The smallest absolute Gasteiger partial charge is 0.315 e. The number of nitrogens with one attached hydrogen (secondary N) is 3. The minimum Gasteiger partial charge on any atom is -0.494 e. The zero-order valence-electron chi connectivity index (χ0n) is 18.3. The first-order chi connectivity index (χ1) is 15.3. The molecule has 0 aliphatic heterocycles. The number of carbonyl (C=O) groups is 1. The van der Waals surface area contributed by atoms with Gasteiger partial charge in [-0.1, -0.05) is 18.2 Å². The van der Waals surface area contributed by atoms with Gasteiger partial charge in [-0.05, 0) is 62.4 Å². The summed E-state index contributed by atoms with van der Waals surface area (Å²) in [5, 5.41) is 16.1. The van der Waals surface area contributed by atoms with Gasteiger partial charge < -0.3 is 25.5 Å². The van der Waals surface area contributed by atoms with Gasteiger partial charge in [0.05, 0.1) is 29.8 Å². The van der Waals surface area contributed by atoms with E-state index in [-0.39, 0.29) is 17.8 Å². The van der Waals surface area contributed by atoms with E-state index in [0.29, 0.717) is 30.7 Å². The number of halogens is 1. The van der Waals surface area contributed by atoms with Crippen LogP contribution in [0.3, 0.4) is 0 Å². The molecule has 2 amide bonds. The molecule has 32 heavy (non-hydrogen) atoms. The third kappa shape index (κ3) is 5.19. The molecule has 0 bridgehead atoms. The van der Waals surface area contributed by atoms with E-state index in [1.165, 1.54) is 13.2 Å². The van der Waals surface area contributed by atoms with E-state index in [1.54, 1.807) is 12.1 Å². The number of aromatic amines is 1. The predicted octanol–water partition coefficient (Wildman–Crippen LogP) is 3.99. The molecule has 4 rings (SSSR count). The van der Waals surface area contributed by atoms with Crippen molar-refractivity contribution in [2.24, 2.45) is 0 Å². The molecular formula is C24H29FN4O3. The highest BCUT2D eigenvalue weighted by atomic mass is 19.1. The van der Waals surface area contributed by atoms with Gasteiger partial charge in [0.2, 0.25) is 0 Å². The summed E-state index contributed by atoms with van der Waals surface area (Å²) in [5.74, 6) is 0.323. The number of fused-ring (bicyclic) bond motifs is 1. The Morgan fingerprint density at radius 2 is 2.06 bits per heavy atom. The number of carbonyl (C=O) groups excluding carboxylic acids is 1. The lowest BCUT2D eigenvalue weighted by Crippen LogP contribution is -2.47. The molecule has 8 heteroatoms. The molecule has 2 aromatic carbocycles. The first-order valence-corrected chi connectivity index (χ1v) is 10.9. The van der Waals surface area contributed by atoms with Crippen molar-refractivity contribution in [2.75, 3.05) is 7.11 Å². The van der Waals surface area contributed by atoms with Crippen LogP contribution >= 0.6 is 0 Å². The van der Waals surface area contributed by atoms with Gasteiger partial charge in [-0.15, -0.1) is 0 Å². The molecule has 1 atom stereocenters. The van der Waals surface area contributed by atoms with Crippen molar-refractivity contribution in [2.45, 2.75) is 56.7 Å². The van der Waals surface area contributed by atoms with E-state index in [9.17, 15) is 14.3 Å². The number of H-pyrrole nitrogens is 1. The van der Waals surface area contributed by atoms with Crippen LogP contribution < -0.4 is 15.4 Å². The second kappa shape index (κ2) is 9.16. The zero-order chi connectivity index (χ0) is 22.7. The number of amides is 2. The van der Waals surface area contributed by atoms with Gasteiger partial charge in [0.15, 0.2) is 11.6 Å². The standard InChI is InChI=1S/C24H29FN4O3/c1-24(31)11-9-16(10-12-24)26-23(30)29-20(14-15-7-8-21(32-2)17(25)13-15)22-27-18-5-3-4-6-19(18)28-22/h3-8,13,16,20,31H,9-12,14H2,1-2H3,(H,27,28)(H2,26,29,30)/t16-,20-,24-/m1/s1. The minimum absolute atomic E-state index is 0.00461. The van der Waals surface area contributed by atoms with Crippen LogP contribution in [-0.4, -0.2) is 39.9 Å². The molecule has 0 spiro atoms. The third-order valence-electron chi connectivity index (χ3n) is 6.10. The lowest BCUT2D eigenvalue weighted by Gasteiger charge is -2.33. The molecular weight excluding hydrogens is 411 g/mol. The van der Waals surface area contributed by atoms with Crippen molar-refractivity contribution in [3.8, 4) is 5.75 Å². The van der Waals surface area contributed by atoms with E-state index in [1.807, 2.05) is 31.2 Å². The quantitative estimate of drug-likeness (QED) is 0.466. The van der Waals surface area contributed by atoms with Crippen LogP contribution in [0, 0.1) is 5.82 Å². The summed E-state index contributed by atoms with van der Waals surface area (Å²) in [7, 11) is 1.42. The molecule has 0 saturated heterocycles. The second-order valence-electron chi connectivity index (χ2n) is 8.75. The van der Waals surface area contributed by atoms with Gasteiger partial charge in [0.1, 0.15) is 5.82 Å². The monoisotopic (exact) mass is 440 g/mol. The Morgan fingerprint density at radius 3 is 2.75 bits per heavy atom. The highest BCUT2D eigenvalue weighted by molar-refractivity contribution is 5.76. The average molecular weight is 441 g/mol. The van der Waals surface area contributed by atoms with Crippen molar-refractivity contribution in [3.05, 3.63) is 59.7 Å². The normalized spacial score (nSPS) is 21.8. The number of hydrogen-bond donors (Lipinski definition) is 4. The summed E-state index contributed by atoms with van der Waals surface area (Å²) in [6.45, 7) is 1.83. The molecule has 1 saturated carbocycles. The van der Waals surface area contributed by atoms with Gasteiger partial charge in [-0.25, -0.2) is 14.2 Å². The SMILES string of the molecule is COc1ccc(C[C@@H](NC(=O)N[C@H]2CC[C@](C)(O)CC2)c2nc3ccccc3[nH]2)cc1F. The summed E-state index contributed by atoms with van der Waals surface area (Å²) in [6.07, 6.45) is 3.10. The van der Waals surface area contributed by atoms with E-state index in [2.05, 4.69) is 20.6 Å². The fourth-order valence-electron chi connectivity index (χ4n) is 4.20. The molecule has 7 nitrogen and oxygen atoms in total. The van der Waals surface area contributed by atoms with Crippen LogP contribution in [0.5, 0.6) is 5.75 Å². The average Bonchev–Trinajstić information content (AvgIpc) is 3.19. The molecule has 0 unspecified atom stereocenters. The van der Waals surface area contributed by atoms with Crippen LogP contribution in [0.1, 0.15) is 50.0 Å². The fourth-order valence-corrected chi connectivity index (χ4v) is 4.20. The number of methoxy groups -OCH3 is 1. The topological polar surface area (TPSA) is 99.3 Å². The number of benzene rings is 2. The summed E-state index contributed by atoms with van der Waals surface area (Å²) < 4.78 is 19.2. The lowest BCUT2D eigenvalue weighted by molar-refractivity contribution is 0.0151. The van der Waals surface area contributed by atoms with E-state index >= 15 is 0 Å². The highest BCUT2D eigenvalue weighted by Crippen LogP contribution is 2.28. The molecule has 1 aliphatic rings. The van der Waals surface area contributed by atoms with Gasteiger partial charge in [0.25, 0.3) is 0 Å². The number of hydrogen-bond acceptors (Lipinski definition) is 4. The Kier molecular flexibility index (Phi) is 6.32. The van der Waals surface area contributed by atoms with Crippen molar-refractivity contribution >= 4 is 17.1 Å². The van der Waals surface area contributed by atoms with Crippen molar-refractivity contribution in [3.63, 3.8) is 0 Å². The molecule has 0 radical (unpaired) electrons. The highest BCUT2D eigenvalue weighted by Gasteiger charge is 2.30. The summed E-state index contributed by atoms with van der Waals surface area (Å²) in [4.78, 5) is 20.7. The van der Waals surface area contributed by atoms with E-state index in [0.717, 1.165) is 23.9 Å². The maximum atomic E-state index is 14.2. The summed E-state index contributed by atoms with van der Waals surface area (Å²) in [5.41, 5.74) is 1.71. The van der Waals surface area contributed by atoms with Crippen LogP contribution in [0.4, 0.5) is 9.18 Å². The molecule has 1 aliphatic carbocycles. The number of aromatic nitrogens is 2. The van der Waals surface area contributed by atoms with Crippen LogP contribution in [0.25, 0.3) is 11.0 Å². The maximum Gasteiger partial charge on any atom is 0.315 e. The zero-order valence-corrected chi connectivity index (χ0v) is 18.3. The largest absolute Gasteiger partial charge is 0.494 e. The Morgan fingerprint density at radius 1 is 1.31 bits per heavy atom. The number of imidazole rings is 1. The van der Waals surface area contributed by atoms with Crippen LogP contribution in [0.15, 0.2) is 42.5 Å². The molecule has 1 heterocycles. The first-order valence-electron chi connectivity index (χ1n) is 10.9. The van der Waals surface area contributed by atoms with Crippen LogP contribution in [0.2, 0.25) is 0 Å². The Bertz CT molecular complexity index is 1050. The molecule has 4 N–H and O–H groups in total. The number of aliphatic hydroxyl groups is 1. The van der Waals surface area contributed by atoms with Gasteiger partial charge in [-0.3, -0.25) is 0 Å². The number of para-hydroxylation sites is 2. The fraction of sp³-hybridized carbons (Fsp3) is 0.417. The number of nitrogens with zero attached hydrogens (tertiary/aromatic N) is 1. The van der Waals surface area contributed by atoms with E-state index in [4.69, 9.17) is 4.74 Å². The van der Waals surface area contributed by atoms with Crippen molar-refractivity contribution in [1.82, 2.24) is 20.6 Å². The maximum absolute atomic E-state index is 14.2. The van der Waals surface area contributed by atoms with Crippen LogP contribution in [-0.2, 0) is 6.42 Å². The summed E-state index contributed by atoms with van der Waals surface area (Å²) in [6, 6.07) is 11.6. The number of rotatable bonds is 6. The molecule has 170 valence electrons. The number of urea groups is 1. The molecule has 3 aromatic rings. The third-order valence-corrected chi connectivity index (χ3v) is 6.10. The van der Waals surface area contributed by atoms with Crippen molar-refractivity contribution in [1.29, 1.82) is 0 Å². The van der Waals surface area contributed by atoms with Crippen molar-refractivity contribution < 1.29 is 19.0 Å². The minimum atomic E-state index is -0.663. The first kappa shape index (κ1) is 22.1. The van der Waals surface area contributed by atoms with E-state index < -0.39 is 17.5 Å². The Labute approximate surface area is 186 Å². The Hall–Kier alpha value is -3.13. The second-order valence-corrected chi connectivity index (χ2v) is 8.75. The van der Waals surface area contributed by atoms with Gasteiger partial charge in [0, 0.05) is 12.5 Å². The molecule has 1 fully saturated rings. The number of ether oxygens (including phenoxy) is 1. The predicted molar refractivity (Wildman–Crippen MR) is 120 cm³/mol. The van der Waals surface area contributed by atoms with Gasteiger partial charge in [-0.2, -0.15) is 0 Å². The summed E-state index contributed by atoms with van der Waals surface area (Å²) >= 11 is 0. The molecule has 1 aromatic heterocycles. The van der Waals surface area contributed by atoms with Gasteiger partial charge >= 0.3 is 6.03 Å². The Balaban J connectivity index is 1.52.